The molecular formula is C22H24ClFN6O. The number of rotatable bonds is 5. The van der Waals surface area contributed by atoms with Crippen LogP contribution in [-0.4, -0.2) is 49.9 Å². The second kappa shape index (κ2) is 9.01. The second-order valence-electron chi connectivity index (χ2n) is 7.89. The number of nitrogens with one attached hydrogen (secondary N) is 1. The van der Waals surface area contributed by atoms with Gasteiger partial charge in [0.25, 0.3) is 5.91 Å². The van der Waals surface area contributed by atoms with Gasteiger partial charge in [-0.1, -0.05) is 30.2 Å². The van der Waals surface area contributed by atoms with Crippen molar-refractivity contribution in [2.75, 3.05) is 18.4 Å². The van der Waals surface area contributed by atoms with Crippen molar-refractivity contribution in [1.82, 2.24) is 24.9 Å². The van der Waals surface area contributed by atoms with Gasteiger partial charge in [-0.25, -0.2) is 9.37 Å². The normalized spacial score (nSPS) is 18.8. The third-order valence-electron chi connectivity index (χ3n) is 5.68. The molecular weight excluding hydrogens is 419 g/mol. The van der Waals surface area contributed by atoms with Crippen LogP contribution in [0, 0.1) is 18.7 Å². The Labute approximate surface area is 185 Å². The number of benzene rings is 1. The number of piperidine rings is 1. The van der Waals surface area contributed by atoms with Gasteiger partial charge in [-0.3, -0.25) is 4.79 Å². The number of pyridine rings is 1. The maximum atomic E-state index is 14.2. The number of amides is 1. The summed E-state index contributed by atoms with van der Waals surface area (Å²) in [5.41, 5.74) is 2.16. The smallest absolute Gasteiger partial charge is 0.256 e. The first-order chi connectivity index (χ1) is 14.9. The topological polar surface area (TPSA) is 75.9 Å². The number of nitrogens with zero attached hydrogens (tertiary/aromatic N) is 5. The molecule has 7 nitrogen and oxygen atoms in total. The van der Waals surface area contributed by atoms with Crippen molar-refractivity contribution in [3.8, 4) is 5.69 Å². The lowest BCUT2D eigenvalue weighted by atomic mass is 9.89. The molecule has 0 aliphatic carbocycles. The van der Waals surface area contributed by atoms with E-state index in [0.717, 1.165) is 18.4 Å². The molecule has 1 N–H and O–H groups in total. The highest BCUT2D eigenvalue weighted by molar-refractivity contribution is 6.30. The molecule has 1 unspecified atom stereocenters. The Morgan fingerprint density at radius 2 is 2.06 bits per heavy atom. The first kappa shape index (κ1) is 21.2. The molecule has 9 heteroatoms. The summed E-state index contributed by atoms with van der Waals surface area (Å²) in [5, 5.41) is 11.7. The molecule has 0 saturated carbocycles. The minimum atomic E-state index is -0.514. The molecule has 1 saturated heterocycles. The number of likely N-dealkylation sites (tertiary alicyclic amines) is 1. The lowest BCUT2D eigenvalue weighted by Crippen LogP contribution is -2.51. The number of halogens is 2. The van der Waals surface area contributed by atoms with Crippen LogP contribution in [0.2, 0.25) is 5.02 Å². The average Bonchev–Trinajstić information content (AvgIpc) is 3.28. The van der Waals surface area contributed by atoms with Crippen LogP contribution >= 0.6 is 11.6 Å². The van der Waals surface area contributed by atoms with Gasteiger partial charge in [-0.05, 0) is 43.9 Å². The van der Waals surface area contributed by atoms with E-state index < -0.39 is 5.82 Å². The zero-order valence-corrected chi connectivity index (χ0v) is 18.2. The van der Waals surface area contributed by atoms with E-state index in [0.29, 0.717) is 24.3 Å². The van der Waals surface area contributed by atoms with Gasteiger partial charge >= 0.3 is 0 Å². The van der Waals surface area contributed by atoms with Gasteiger partial charge in [0.2, 0.25) is 0 Å². The Morgan fingerprint density at radius 1 is 1.29 bits per heavy atom. The number of aromatic nitrogens is 4. The molecule has 1 aromatic carbocycles. The Morgan fingerprint density at radius 3 is 2.81 bits per heavy atom. The highest BCUT2D eigenvalue weighted by Crippen LogP contribution is 2.28. The summed E-state index contributed by atoms with van der Waals surface area (Å²) in [6.45, 7) is 5.08. The van der Waals surface area contributed by atoms with Gasteiger partial charge < -0.3 is 10.2 Å². The van der Waals surface area contributed by atoms with Crippen molar-refractivity contribution < 1.29 is 9.18 Å². The molecule has 1 fully saturated rings. The lowest BCUT2D eigenvalue weighted by Gasteiger charge is -2.40. The molecule has 0 bridgehead atoms. The van der Waals surface area contributed by atoms with Crippen molar-refractivity contribution >= 4 is 23.3 Å². The minimum absolute atomic E-state index is 0.0844. The van der Waals surface area contributed by atoms with Gasteiger partial charge in [0, 0.05) is 19.3 Å². The van der Waals surface area contributed by atoms with E-state index >= 15 is 0 Å². The first-order valence-electron chi connectivity index (χ1n) is 10.3. The van der Waals surface area contributed by atoms with Gasteiger partial charge in [0.05, 0.1) is 34.7 Å². The number of carbonyl (C=O) groups is 1. The predicted molar refractivity (Wildman–Crippen MR) is 117 cm³/mol. The van der Waals surface area contributed by atoms with E-state index in [1.165, 1.54) is 17.1 Å². The molecule has 0 radical (unpaired) electrons. The summed E-state index contributed by atoms with van der Waals surface area (Å²) >= 11 is 5.80. The van der Waals surface area contributed by atoms with Crippen molar-refractivity contribution in [1.29, 1.82) is 0 Å². The van der Waals surface area contributed by atoms with E-state index in [1.807, 2.05) is 30.0 Å². The summed E-state index contributed by atoms with van der Waals surface area (Å²) in [6.07, 6.45) is 6.47. The Balaban J connectivity index is 1.61. The summed E-state index contributed by atoms with van der Waals surface area (Å²) in [7, 11) is 0. The van der Waals surface area contributed by atoms with E-state index in [4.69, 9.17) is 11.6 Å². The van der Waals surface area contributed by atoms with Gasteiger partial charge in [0.15, 0.2) is 11.6 Å². The SMILES string of the molecule is Cc1ccc(-n2nccn2)c(C(=O)N2CCC[C@@H](C)C2CNc2ncc(Cl)cc2F)c1. The summed E-state index contributed by atoms with van der Waals surface area (Å²) < 4.78 is 14.2. The summed E-state index contributed by atoms with van der Waals surface area (Å²) in [4.78, 5) is 21.0. The van der Waals surface area contributed by atoms with E-state index in [1.54, 1.807) is 12.4 Å². The van der Waals surface area contributed by atoms with Gasteiger partial charge in [-0.15, -0.1) is 0 Å². The van der Waals surface area contributed by atoms with E-state index in [-0.39, 0.29) is 28.7 Å². The average molecular weight is 443 g/mol. The molecule has 1 aliphatic heterocycles. The quantitative estimate of drug-likeness (QED) is 0.643. The minimum Gasteiger partial charge on any atom is -0.366 e. The Bertz CT molecular complexity index is 1070. The molecule has 2 aromatic heterocycles. The number of carbonyl (C=O) groups excluding carboxylic acids is 1. The summed E-state index contributed by atoms with van der Waals surface area (Å²) in [6, 6.07) is 6.77. The van der Waals surface area contributed by atoms with E-state index in [9.17, 15) is 9.18 Å². The maximum absolute atomic E-state index is 14.2. The molecule has 162 valence electrons. The molecule has 2 atom stereocenters. The van der Waals surface area contributed by atoms with Crippen LogP contribution in [0.4, 0.5) is 10.2 Å². The van der Waals surface area contributed by atoms with Crippen LogP contribution in [0.3, 0.4) is 0 Å². The highest BCUT2D eigenvalue weighted by Gasteiger charge is 2.33. The van der Waals surface area contributed by atoms with Crippen molar-refractivity contribution in [2.24, 2.45) is 5.92 Å². The molecule has 3 aromatic rings. The van der Waals surface area contributed by atoms with Gasteiger partial charge in [0.1, 0.15) is 0 Å². The standard InChI is InChI=1S/C22H24ClFN6O/c1-14-5-6-19(30-27-7-8-28-30)17(10-14)22(31)29-9-3-4-15(2)20(29)13-26-21-18(24)11-16(23)12-25-21/h5-8,10-12,15,20H,3-4,9,13H2,1-2H3,(H,25,26)/t15-,20?/m1/s1. The molecule has 4 rings (SSSR count). The maximum Gasteiger partial charge on any atom is 0.256 e. The van der Waals surface area contributed by atoms with Crippen LogP contribution in [0.1, 0.15) is 35.7 Å². The van der Waals surface area contributed by atoms with Crippen LogP contribution < -0.4 is 5.32 Å². The van der Waals surface area contributed by atoms with E-state index in [2.05, 4.69) is 27.4 Å². The largest absolute Gasteiger partial charge is 0.366 e. The monoisotopic (exact) mass is 442 g/mol. The zero-order chi connectivity index (χ0) is 22.0. The third-order valence-corrected chi connectivity index (χ3v) is 5.89. The van der Waals surface area contributed by atoms with Crippen molar-refractivity contribution in [3.05, 3.63) is 64.8 Å². The fourth-order valence-electron chi connectivity index (χ4n) is 4.05. The Hall–Kier alpha value is -3.00. The lowest BCUT2D eigenvalue weighted by molar-refractivity contribution is 0.0539. The number of hydrogen-bond acceptors (Lipinski definition) is 5. The third kappa shape index (κ3) is 4.54. The molecule has 3 heterocycles. The number of aryl methyl sites for hydroxylation is 1. The van der Waals surface area contributed by atoms with Gasteiger partial charge in [-0.2, -0.15) is 15.0 Å². The Kier molecular flexibility index (Phi) is 6.18. The summed E-state index contributed by atoms with van der Waals surface area (Å²) in [5.74, 6) is -0.221. The van der Waals surface area contributed by atoms with Crippen LogP contribution in [0.15, 0.2) is 42.9 Å². The second-order valence-corrected chi connectivity index (χ2v) is 8.33. The van der Waals surface area contributed by atoms with Crippen LogP contribution in [0.5, 0.6) is 0 Å². The molecule has 0 spiro atoms. The number of hydrogen-bond donors (Lipinski definition) is 1. The molecule has 1 aliphatic rings. The highest BCUT2D eigenvalue weighted by atomic mass is 35.5. The number of anilines is 1. The fourth-order valence-corrected chi connectivity index (χ4v) is 4.19. The molecule has 31 heavy (non-hydrogen) atoms. The zero-order valence-electron chi connectivity index (χ0n) is 17.4. The predicted octanol–water partition coefficient (Wildman–Crippen LogP) is 4.12. The van der Waals surface area contributed by atoms with Crippen molar-refractivity contribution in [2.45, 2.75) is 32.7 Å². The fraction of sp³-hybridized carbons (Fsp3) is 0.364. The van der Waals surface area contributed by atoms with Crippen LogP contribution in [-0.2, 0) is 0 Å². The van der Waals surface area contributed by atoms with Crippen LogP contribution in [0.25, 0.3) is 5.69 Å². The van der Waals surface area contributed by atoms with Crippen molar-refractivity contribution in [3.63, 3.8) is 0 Å². The molecule has 1 amide bonds. The first-order valence-corrected chi connectivity index (χ1v) is 10.6.